The van der Waals surface area contributed by atoms with Crippen molar-refractivity contribution >= 4 is 5.91 Å². The maximum Gasteiger partial charge on any atom is 0.254 e. The van der Waals surface area contributed by atoms with Crippen molar-refractivity contribution in [1.29, 1.82) is 0 Å². The van der Waals surface area contributed by atoms with Gasteiger partial charge >= 0.3 is 0 Å². The number of amides is 1. The summed E-state index contributed by atoms with van der Waals surface area (Å²) < 4.78 is 42.0. The molecule has 3 aromatic carbocycles. The number of carbonyl (C=O) groups excluding carboxylic acids is 1. The average Bonchev–Trinajstić information content (AvgIpc) is 3.46. The van der Waals surface area contributed by atoms with Gasteiger partial charge in [0.05, 0.1) is 34.0 Å². The Morgan fingerprint density at radius 2 is 1.76 bits per heavy atom. The normalized spacial score (nSPS) is 14.7. The number of rotatable bonds is 12. The number of hydrogen-bond acceptors (Lipinski definition) is 6. The molecule has 8 heteroatoms. The molecule has 38 heavy (non-hydrogen) atoms. The Morgan fingerprint density at radius 1 is 1.00 bits per heavy atom. The zero-order valence-electron chi connectivity index (χ0n) is 22.1. The molecule has 0 aliphatic carbocycles. The highest BCUT2D eigenvalue weighted by Crippen LogP contribution is 2.38. The summed E-state index contributed by atoms with van der Waals surface area (Å²) in [5, 5.41) is 0. The minimum Gasteiger partial charge on any atom is -0.493 e. The summed E-state index contributed by atoms with van der Waals surface area (Å²) in [4.78, 5) is 15.5. The predicted octanol–water partition coefficient (Wildman–Crippen LogP) is 5.29. The molecule has 0 spiro atoms. The Labute approximate surface area is 223 Å². The highest BCUT2D eigenvalue weighted by molar-refractivity contribution is 5.95. The van der Waals surface area contributed by atoms with Gasteiger partial charge in [0.15, 0.2) is 11.5 Å². The second-order valence-electron chi connectivity index (χ2n) is 9.07. The monoisotopic (exact) mass is 523 g/mol. The fourth-order valence-electron chi connectivity index (χ4n) is 4.57. The molecule has 7 nitrogen and oxygen atoms in total. The summed E-state index contributed by atoms with van der Waals surface area (Å²) in [5.74, 6) is 1.51. The Hall–Kier alpha value is -3.78. The van der Waals surface area contributed by atoms with E-state index in [1.165, 1.54) is 27.4 Å². The van der Waals surface area contributed by atoms with E-state index in [1.54, 1.807) is 29.2 Å². The standard InChI is InChI=1S/C30H34FNO6/c1-34-27-17-23(18-28(35-2)29(27)36-3)30(33)32(20-25-11-7-14-37-25)19-21-8-6-10-24(16-21)38-15-13-22-9-4-5-12-26(22)31/h4-6,8-10,12,16-18,25H,7,11,13-15,19-20H2,1-3H3/t25-/m0/s1. The molecule has 0 saturated carbocycles. The average molecular weight is 524 g/mol. The summed E-state index contributed by atoms with van der Waals surface area (Å²) in [6, 6.07) is 17.6. The molecule has 1 saturated heterocycles. The zero-order chi connectivity index (χ0) is 26.9. The first-order valence-corrected chi connectivity index (χ1v) is 12.7. The van der Waals surface area contributed by atoms with Crippen LogP contribution in [-0.2, 0) is 17.7 Å². The van der Waals surface area contributed by atoms with E-state index < -0.39 is 0 Å². The van der Waals surface area contributed by atoms with Crippen LogP contribution < -0.4 is 18.9 Å². The van der Waals surface area contributed by atoms with Crippen LogP contribution in [0.3, 0.4) is 0 Å². The van der Waals surface area contributed by atoms with Gasteiger partial charge in [-0.2, -0.15) is 0 Å². The van der Waals surface area contributed by atoms with Gasteiger partial charge in [-0.3, -0.25) is 4.79 Å². The summed E-state index contributed by atoms with van der Waals surface area (Å²) in [6.45, 7) is 1.85. The minimum atomic E-state index is -0.236. The Morgan fingerprint density at radius 3 is 2.42 bits per heavy atom. The smallest absolute Gasteiger partial charge is 0.254 e. The number of methoxy groups -OCH3 is 3. The number of carbonyl (C=O) groups is 1. The van der Waals surface area contributed by atoms with E-state index in [0.29, 0.717) is 66.8 Å². The van der Waals surface area contributed by atoms with Crippen molar-refractivity contribution in [2.45, 2.75) is 31.9 Å². The van der Waals surface area contributed by atoms with E-state index in [0.717, 1.165) is 18.4 Å². The largest absolute Gasteiger partial charge is 0.493 e. The Bertz CT molecular complexity index is 1200. The van der Waals surface area contributed by atoms with E-state index in [4.69, 9.17) is 23.7 Å². The molecule has 1 fully saturated rings. The predicted molar refractivity (Wildman–Crippen MR) is 142 cm³/mol. The van der Waals surface area contributed by atoms with Crippen LogP contribution in [0, 0.1) is 5.82 Å². The third-order valence-corrected chi connectivity index (χ3v) is 6.52. The van der Waals surface area contributed by atoms with Gasteiger partial charge in [-0.05, 0) is 54.3 Å². The molecule has 0 N–H and O–H groups in total. The van der Waals surface area contributed by atoms with Crippen LogP contribution in [-0.4, -0.2) is 58.0 Å². The van der Waals surface area contributed by atoms with E-state index >= 15 is 0 Å². The first-order chi connectivity index (χ1) is 18.5. The molecule has 0 bridgehead atoms. The number of halogens is 1. The van der Waals surface area contributed by atoms with E-state index in [2.05, 4.69) is 0 Å². The van der Waals surface area contributed by atoms with Crippen LogP contribution in [0.4, 0.5) is 4.39 Å². The lowest BCUT2D eigenvalue weighted by Crippen LogP contribution is -2.37. The summed E-state index contributed by atoms with van der Waals surface area (Å²) in [5.41, 5.74) is 1.95. The lowest BCUT2D eigenvalue weighted by atomic mass is 10.1. The molecule has 3 aromatic rings. The molecule has 1 amide bonds. The first-order valence-electron chi connectivity index (χ1n) is 12.7. The van der Waals surface area contributed by atoms with Crippen molar-refractivity contribution in [2.24, 2.45) is 0 Å². The molecule has 0 aromatic heterocycles. The van der Waals surface area contributed by atoms with Gasteiger partial charge in [-0.15, -0.1) is 0 Å². The molecule has 0 radical (unpaired) electrons. The summed E-state index contributed by atoms with van der Waals surface area (Å²) in [7, 11) is 4.57. The number of nitrogens with zero attached hydrogens (tertiary/aromatic N) is 1. The van der Waals surface area contributed by atoms with Crippen molar-refractivity contribution in [3.63, 3.8) is 0 Å². The fraction of sp³-hybridized carbons (Fsp3) is 0.367. The van der Waals surface area contributed by atoms with Gasteiger partial charge in [0.2, 0.25) is 5.75 Å². The van der Waals surface area contributed by atoms with Crippen molar-refractivity contribution in [3.05, 3.63) is 83.2 Å². The zero-order valence-corrected chi connectivity index (χ0v) is 22.1. The van der Waals surface area contributed by atoms with Crippen molar-refractivity contribution in [3.8, 4) is 23.0 Å². The van der Waals surface area contributed by atoms with Crippen LogP contribution >= 0.6 is 0 Å². The van der Waals surface area contributed by atoms with Gasteiger partial charge in [0.25, 0.3) is 5.91 Å². The molecule has 1 aliphatic rings. The van der Waals surface area contributed by atoms with E-state index in [1.807, 2.05) is 30.3 Å². The summed E-state index contributed by atoms with van der Waals surface area (Å²) in [6.07, 6.45) is 2.31. The third-order valence-electron chi connectivity index (χ3n) is 6.52. The lowest BCUT2D eigenvalue weighted by molar-refractivity contribution is 0.0506. The molecule has 1 atom stereocenters. The maximum atomic E-state index is 13.9. The highest BCUT2D eigenvalue weighted by atomic mass is 19.1. The molecular formula is C30H34FNO6. The first kappa shape index (κ1) is 27.3. The Kier molecular flexibility index (Phi) is 9.43. The van der Waals surface area contributed by atoms with Crippen LogP contribution in [0.25, 0.3) is 0 Å². The maximum absolute atomic E-state index is 13.9. The van der Waals surface area contributed by atoms with Gasteiger partial charge < -0.3 is 28.6 Å². The third kappa shape index (κ3) is 6.75. The number of ether oxygens (including phenoxy) is 5. The van der Waals surface area contributed by atoms with Crippen LogP contribution in [0.5, 0.6) is 23.0 Å². The van der Waals surface area contributed by atoms with Gasteiger partial charge in [0.1, 0.15) is 11.6 Å². The SMILES string of the molecule is COc1cc(C(=O)N(Cc2cccc(OCCc3ccccc3F)c2)C[C@@H]2CCCO2)cc(OC)c1OC. The van der Waals surface area contributed by atoms with Gasteiger partial charge in [-0.25, -0.2) is 4.39 Å². The molecule has 1 aliphatic heterocycles. The van der Waals surface area contributed by atoms with Gasteiger partial charge in [0, 0.05) is 31.7 Å². The fourth-order valence-corrected chi connectivity index (χ4v) is 4.57. The van der Waals surface area contributed by atoms with Crippen molar-refractivity contribution in [2.75, 3.05) is 41.1 Å². The summed E-state index contributed by atoms with van der Waals surface area (Å²) >= 11 is 0. The van der Waals surface area contributed by atoms with E-state index in [-0.39, 0.29) is 17.8 Å². The van der Waals surface area contributed by atoms with Crippen LogP contribution in [0.2, 0.25) is 0 Å². The van der Waals surface area contributed by atoms with Crippen molar-refractivity contribution < 1.29 is 32.9 Å². The van der Waals surface area contributed by atoms with Gasteiger partial charge in [-0.1, -0.05) is 30.3 Å². The quantitative estimate of drug-likeness (QED) is 0.321. The molecular weight excluding hydrogens is 489 g/mol. The number of benzene rings is 3. The molecule has 0 unspecified atom stereocenters. The van der Waals surface area contributed by atoms with Crippen molar-refractivity contribution in [1.82, 2.24) is 4.90 Å². The highest BCUT2D eigenvalue weighted by Gasteiger charge is 2.26. The number of hydrogen-bond donors (Lipinski definition) is 0. The second kappa shape index (κ2) is 13.1. The van der Waals surface area contributed by atoms with Crippen LogP contribution in [0.15, 0.2) is 60.7 Å². The van der Waals surface area contributed by atoms with E-state index in [9.17, 15) is 9.18 Å². The topological polar surface area (TPSA) is 66.5 Å². The Balaban J connectivity index is 1.51. The molecule has 1 heterocycles. The van der Waals surface area contributed by atoms with Crippen LogP contribution in [0.1, 0.15) is 34.3 Å². The minimum absolute atomic E-state index is 0.0267. The lowest BCUT2D eigenvalue weighted by Gasteiger charge is -2.26. The molecule has 202 valence electrons. The molecule has 4 rings (SSSR count). The second-order valence-corrected chi connectivity index (χ2v) is 9.07.